The molecular weight excluding hydrogens is 252 g/mol. The quantitative estimate of drug-likeness (QED) is 0.631. The number of hydrogen-bond acceptors (Lipinski definition) is 3. The fraction of sp³-hybridized carbons (Fsp3) is 0.176. The first-order chi connectivity index (χ1) is 9.56. The van der Waals surface area contributed by atoms with E-state index in [-0.39, 0.29) is 12.2 Å². The number of carbonyl (C=O) groups excluding carboxylic acids is 2. The molecule has 3 nitrogen and oxygen atoms in total. The summed E-state index contributed by atoms with van der Waals surface area (Å²) in [6, 6.07) is 14.3. The Kier molecular flexibility index (Phi) is 4.31. The molecule has 0 bridgehead atoms. The number of aryl methyl sites for hydroxylation is 1. The summed E-state index contributed by atoms with van der Waals surface area (Å²) in [5.41, 5.74) is 2.22. The van der Waals surface area contributed by atoms with E-state index >= 15 is 0 Å². The van der Waals surface area contributed by atoms with Crippen molar-refractivity contribution in [2.45, 2.75) is 20.3 Å². The highest BCUT2D eigenvalue weighted by atomic mass is 16.5. The van der Waals surface area contributed by atoms with E-state index in [1.807, 2.05) is 25.1 Å². The lowest BCUT2D eigenvalue weighted by atomic mass is 10.1. The lowest BCUT2D eigenvalue weighted by Gasteiger charge is -2.09. The third-order valence-electron chi connectivity index (χ3n) is 2.87. The fourth-order valence-electron chi connectivity index (χ4n) is 1.95. The summed E-state index contributed by atoms with van der Waals surface area (Å²) in [6.07, 6.45) is 0.261. The van der Waals surface area contributed by atoms with Crippen LogP contribution in [0.1, 0.15) is 28.4 Å². The Labute approximate surface area is 118 Å². The molecule has 0 N–H and O–H groups in total. The van der Waals surface area contributed by atoms with Crippen molar-refractivity contribution in [3.63, 3.8) is 0 Å². The van der Waals surface area contributed by atoms with Crippen molar-refractivity contribution in [3.05, 3.63) is 65.2 Å². The molecule has 20 heavy (non-hydrogen) atoms. The summed E-state index contributed by atoms with van der Waals surface area (Å²) >= 11 is 0. The number of rotatable bonds is 4. The molecule has 0 saturated heterocycles. The second-order valence-corrected chi connectivity index (χ2v) is 4.75. The number of para-hydroxylation sites is 1. The van der Waals surface area contributed by atoms with Gasteiger partial charge in [0.05, 0.1) is 5.56 Å². The molecule has 0 heterocycles. The van der Waals surface area contributed by atoms with Gasteiger partial charge in [-0.3, -0.25) is 4.79 Å². The van der Waals surface area contributed by atoms with Crippen molar-refractivity contribution in [1.82, 2.24) is 0 Å². The normalized spacial score (nSPS) is 10.1. The second kappa shape index (κ2) is 6.15. The molecule has 102 valence electrons. The molecule has 0 aliphatic heterocycles. The van der Waals surface area contributed by atoms with Gasteiger partial charge in [-0.2, -0.15) is 0 Å². The molecule has 0 amide bonds. The third kappa shape index (κ3) is 3.54. The molecule has 0 saturated carbocycles. The summed E-state index contributed by atoms with van der Waals surface area (Å²) in [5.74, 6) is 0.0583. The van der Waals surface area contributed by atoms with E-state index in [0.29, 0.717) is 11.3 Å². The smallest absolute Gasteiger partial charge is 0.343 e. The van der Waals surface area contributed by atoms with Crippen molar-refractivity contribution in [2.75, 3.05) is 0 Å². The summed E-state index contributed by atoms with van der Waals surface area (Å²) in [5, 5.41) is 0. The van der Waals surface area contributed by atoms with Crippen LogP contribution in [0.2, 0.25) is 0 Å². The van der Waals surface area contributed by atoms with Gasteiger partial charge in [-0.1, -0.05) is 35.9 Å². The maximum absolute atomic E-state index is 12.1. The van der Waals surface area contributed by atoms with E-state index in [0.717, 1.165) is 11.1 Å². The van der Waals surface area contributed by atoms with E-state index in [4.69, 9.17) is 4.74 Å². The van der Waals surface area contributed by atoms with Crippen LogP contribution < -0.4 is 4.74 Å². The molecule has 0 radical (unpaired) electrons. The fourth-order valence-corrected chi connectivity index (χ4v) is 1.95. The van der Waals surface area contributed by atoms with Crippen molar-refractivity contribution in [2.24, 2.45) is 0 Å². The molecule has 3 heteroatoms. The van der Waals surface area contributed by atoms with Crippen LogP contribution in [-0.4, -0.2) is 11.8 Å². The average Bonchev–Trinajstić information content (AvgIpc) is 2.40. The number of ketones is 1. The number of hydrogen-bond donors (Lipinski definition) is 0. The summed E-state index contributed by atoms with van der Waals surface area (Å²) in [4.78, 5) is 23.3. The number of benzene rings is 2. The van der Waals surface area contributed by atoms with Crippen LogP contribution in [0.4, 0.5) is 0 Å². The highest BCUT2D eigenvalue weighted by Crippen LogP contribution is 2.20. The standard InChI is InChI=1S/C17H16O3/c1-12-6-5-8-15(10-12)17(19)20-16-9-4-3-7-14(16)11-13(2)18/h3-10H,11H2,1-2H3. The van der Waals surface area contributed by atoms with Crippen LogP contribution in [0, 0.1) is 6.92 Å². The van der Waals surface area contributed by atoms with Gasteiger partial charge in [0.15, 0.2) is 0 Å². The Morgan fingerprint density at radius 3 is 2.50 bits per heavy atom. The van der Waals surface area contributed by atoms with Gasteiger partial charge in [-0.15, -0.1) is 0 Å². The van der Waals surface area contributed by atoms with Crippen LogP contribution in [0.3, 0.4) is 0 Å². The first kappa shape index (κ1) is 14.0. The molecule has 2 aromatic rings. The largest absolute Gasteiger partial charge is 0.423 e. The number of carbonyl (C=O) groups is 2. The van der Waals surface area contributed by atoms with Crippen molar-refractivity contribution >= 4 is 11.8 Å². The highest BCUT2D eigenvalue weighted by molar-refractivity contribution is 5.91. The van der Waals surface area contributed by atoms with E-state index < -0.39 is 5.97 Å². The van der Waals surface area contributed by atoms with Gasteiger partial charge in [-0.25, -0.2) is 4.79 Å². The summed E-state index contributed by atoms with van der Waals surface area (Å²) in [6.45, 7) is 3.43. The zero-order chi connectivity index (χ0) is 14.5. The van der Waals surface area contributed by atoms with Crippen molar-refractivity contribution in [1.29, 1.82) is 0 Å². The van der Waals surface area contributed by atoms with Gasteiger partial charge in [0.2, 0.25) is 0 Å². The molecule has 0 aromatic heterocycles. The molecule has 0 unspecified atom stereocenters. The zero-order valence-corrected chi connectivity index (χ0v) is 11.6. The van der Waals surface area contributed by atoms with Crippen LogP contribution >= 0.6 is 0 Å². The summed E-state index contributed by atoms with van der Waals surface area (Å²) in [7, 11) is 0. The number of Topliss-reactive ketones (excluding diaryl/α,β-unsaturated/α-hetero) is 1. The Balaban J connectivity index is 2.21. The van der Waals surface area contributed by atoms with E-state index in [9.17, 15) is 9.59 Å². The monoisotopic (exact) mass is 268 g/mol. The molecule has 2 rings (SSSR count). The lowest BCUT2D eigenvalue weighted by Crippen LogP contribution is -2.10. The van der Waals surface area contributed by atoms with Gasteiger partial charge >= 0.3 is 5.97 Å². The third-order valence-corrected chi connectivity index (χ3v) is 2.87. The second-order valence-electron chi connectivity index (χ2n) is 4.75. The summed E-state index contributed by atoms with van der Waals surface area (Å²) < 4.78 is 5.40. The predicted octanol–water partition coefficient (Wildman–Crippen LogP) is 3.35. The minimum atomic E-state index is -0.412. The van der Waals surface area contributed by atoms with Gasteiger partial charge < -0.3 is 4.74 Å². The maximum atomic E-state index is 12.1. The predicted molar refractivity (Wildman–Crippen MR) is 77.0 cm³/mol. The van der Waals surface area contributed by atoms with E-state index in [1.165, 1.54) is 6.92 Å². The van der Waals surface area contributed by atoms with Crippen LogP contribution in [0.15, 0.2) is 48.5 Å². The topological polar surface area (TPSA) is 43.4 Å². The molecule has 0 fully saturated rings. The molecule has 0 spiro atoms. The van der Waals surface area contributed by atoms with Crippen LogP contribution in [0.5, 0.6) is 5.75 Å². The Morgan fingerprint density at radius 2 is 1.80 bits per heavy atom. The molecule has 0 aliphatic rings. The SMILES string of the molecule is CC(=O)Cc1ccccc1OC(=O)c1cccc(C)c1. The highest BCUT2D eigenvalue weighted by Gasteiger charge is 2.12. The van der Waals surface area contributed by atoms with E-state index in [2.05, 4.69) is 0 Å². The minimum absolute atomic E-state index is 0.0315. The van der Waals surface area contributed by atoms with Crippen LogP contribution in [0.25, 0.3) is 0 Å². The molecule has 0 aliphatic carbocycles. The van der Waals surface area contributed by atoms with Gasteiger partial charge in [-0.05, 0) is 32.0 Å². The Bertz CT molecular complexity index is 644. The van der Waals surface area contributed by atoms with Gasteiger partial charge in [0, 0.05) is 12.0 Å². The molecule has 0 atom stereocenters. The first-order valence-electron chi connectivity index (χ1n) is 6.42. The molecule has 2 aromatic carbocycles. The number of ether oxygens (including phenoxy) is 1. The zero-order valence-electron chi connectivity index (χ0n) is 11.6. The van der Waals surface area contributed by atoms with Crippen LogP contribution in [-0.2, 0) is 11.2 Å². The van der Waals surface area contributed by atoms with E-state index in [1.54, 1.807) is 30.3 Å². The minimum Gasteiger partial charge on any atom is -0.423 e. The molecular formula is C17H16O3. The van der Waals surface area contributed by atoms with Gasteiger partial charge in [0.1, 0.15) is 11.5 Å². The Hall–Kier alpha value is -2.42. The van der Waals surface area contributed by atoms with Crippen molar-refractivity contribution in [3.8, 4) is 5.75 Å². The van der Waals surface area contributed by atoms with Crippen molar-refractivity contribution < 1.29 is 14.3 Å². The van der Waals surface area contributed by atoms with Gasteiger partial charge in [0.25, 0.3) is 0 Å². The average molecular weight is 268 g/mol. The Morgan fingerprint density at radius 1 is 1.05 bits per heavy atom. The lowest BCUT2D eigenvalue weighted by molar-refractivity contribution is -0.116. The maximum Gasteiger partial charge on any atom is 0.343 e. The first-order valence-corrected chi connectivity index (χ1v) is 6.42. The number of esters is 1.